The first-order valence-electron chi connectivity index (χ1n) is 14.2. The number of hydrogen-bond acceptors (Lipinski definition) is 6. The third kappa shape index (κ3) is 6.19. The molecule has 1 amide bonds. The molecule has 5 aliphatic rings. The zero-order valence-corrected chi connectivity index (χ0v) is 22.9. The number of likely N-dealkylation sites (tertiary alicyclic amines) is 1. The average molecular weight is 510 g/mol. The maximum atomic E-state index is 13.4. The zero-order chi connectivity index (χ0) is 26.2. The number of aromatic nitrogens is 1. The lowest BCUT2D eigenvalue weighted by atomic mass is 9.49. The molecule has 0 N–H and O–H groups in total. The Bertz CT molecular complexity index is 977. The van der Waals surface area contributed by atoms with Gasteiger partial charge in [0.05, 0.1) is 12.6 Å². The Morgan fingerprint density at radius 2 is 1.81 bits per heavy atom. The van der Waals surface area contributed by atoms with Crippen molar-refractivity contribution in [1.29, 1.82) is 0 Å². The highest BCUT2D eigenvalue weighted by Gasteiger charge is 2.51. The van der Waals surface area contributed by atoms with Crippen LogP contribution >= 0.6 is 0 Å². The molecule has 5 fully saturated rings. The maximum absolute atomic E-state index is 13.4. The highest BCUT2D eigenvalue weighted by Crippen LogP contribution is 2.60. The van der Waals surface area contributed by atoms with Gasteiger partial charge < -0.3 is 14.4 Å². The van der Waals surface area contributed by atoms with Gasteiger partial charge in [-0.1, -0.05) is 0 Å². The van der Waals surface area contributed by atoms with Gasteiger partial charge in [0.2, 0.25) is 0 Å². The van der Waals surface area contributed by atoms with E-state index in [9.17, 15) is 9.59 Å². The molecule has 0 aromatic carbocycles. The van der Waals surface area contributed by atoms with Gasteiger partial charge in [-0.25, -0.2) is 14.6 Å². The van der Waals surface area contributed by atoms with Gasteiger partial charge in [0.25, 0.3) is 0 Å². The third-order valence-electron chi connectivity index (χ3n) is 8.64. The molecule has 7 nitrogen and oxygen atoms in total. The van der Waals surface area contributed by atoms with Gasteiger partial charge in [0.1, 0.15) is 11.4 Å². The van der Waals surface area contributed by atoms with Crippen LogP contribution in [0.15, 0.2) is 24.4 Å². The van der Waals surface area contributed by atoms with E-state index in [0.717, 1.165) is 42.8 Å². The highest BCUT2D eigenvalue weighted by atomic mass is 16.6. The molecule has 4 aliphatic carbocycles. The first-order chi connectivity index (χ1) is 17.6. The molecular formula is C30H43N3O4. The van der Waals surface area contributed by atoms with Crippen molar-refractivity contribution in [3.05, 3.63) is 30.0 Å². The number of anilines is 1. The second kappa shape index (κ2) is 10.4. The number of nitrogens with zero attached hydrogens (tertiary/aromatic N) is 3. The lowest BCUT2D eigenvalue weighted by Gasteiger charge is -2.57. The van der Waals surface area contributed by atoms with Crippen molar-refractivity contribution in [2.24, 2.45) is 23.2 Å². The summed E-state index contributed by atoms with van der Waals surface area (Å²) in [6.07, 6.45) is 13.9. The van der Waals surface area contributed by atoms with E-state index in [0.29, 0.717) is 17.8 Å². The monoisotopic (exact) mass is 509 g/mol. The summed E-state index contributed by atoms with van der Waals surface area (Å²) in [5.41, 5.74) is 0.677. The number of hydrogen-bond donors (Lipinski definition) is 0. The normalized spacial score (nSPS) is 31.1. The summed E-state index contributed by atoms with van der Waals surface area (Å²) < 4.78 is 10.8. The van der Waals surface area contributed by atoms with Crippen LogP contribution in [0.2, 0.25) is 0 Å². The molecule has 1 atom stereocenters. The van der Waals surface area contributed by atoms with E-state index >= 15 is 0 Å². The fourth-order valence-corrected chi connectivity index (χ4v) is 7.86. The van der Waals surface area contributed by atoms with Gasteiger partial charge >= 0.3 is 12.1 Å². The Balaban J connectivity index is 1.29. The zero-order valence-electron chi connectivity index (χ0n) is 22.9. The van der Waals surface area contributed by atoms with E-state index in [-0.39, 0.29) is 18.1 Å². The van der Waals surface area contributed by atoms with E-state index in [4.69, 9.17) is 9.47 Å². The molecule has 4 saturated carbocycles. The van der Waals surface area contributed by atoms with Crippen molar-refractivity contribution < 1.29 is 19.1 Å². The highest BCUT2D eigenvalue weighted by molar-refractivity contribution is 5.88. The summed E-state index contributed by atoms with van der Waals surface area (Å²) >= 11 is 0. The number of pyridine rings is 1. The van der Waals surface area contributed by atoms with Gasteiger partial charge in [0.15, 0.2) is 0 Å². The van der Waals surface area contributed by atoms with Crippen molar-refractivity contribution in [3.8, 4) is 0 Å². The van der Waals surface area contributed by atoms with E-state index in [2.05, 4.69) is 9.88 Å². The van der Waals surface area contributed by atoms with Crippen molar-refractivity contribution in [1.82, 2.24) is 9.88 Å². The predicted molar refractivity (Wildman–Crippen MR) is 144 cm³/mol. The molecule has 4 bridgehead atoms. The van der Waals surface area contributed by atoms with Gasteiger partial charge in [-0.2, -0.15) is 0 Å². The van der Waals surface area contributed by atoms with E-state index in [1.165, 1.54) is 51.1 Å². The predicted octanol–water partition coefficient (Wildman–Crippen LogP) is 5.69. The number of amides is 1. The Hall–Kier alpha value is -2.41. The van der Waals surface area contributed by atoms with Crippen LogP contribution in [-0.2, 0) is 14.3 Å². The van der Waals surface area contributed by atoms with Crippen LogP contribution in [0.5, 0.6) is 0 Å². The van der Waals surface area contributed by atoms with Crippen LogP contribution in [0, 0.1) is 23.2 Å². The second-order valence-electron chi connectivity index (χ2n) is 13.0. The minimum absolute atomic E-state index is 0.0252. The van der Waals surface area contributed by atoms with Crippen molar-refractivity contribution >= 4 is 24.0 Å². The van der Waals surface area contributed by atoms with Gasteiger partial charge in [0, 0.05) is 31.9 Å². The fraction of sp³-hybridized carbons (Fsp3) is 0.700. The number of ether oxygens (including phenoxy) is 2. The largest absolute Gasteiger partial charge is 0.463 e. The van der Waals surface area contributed by atoms with E-state index in [1.54, 1.807) is 24.1 Å². The number of carbonyl (C=O) groups is 2. The molecule has 37 heavy (non-hydrogen) atoms. The summed E-state index contributed by atoms with van der Waals surface area (Å²) in [6.45, 7) is 10.8. The lowest BCUT2D eigenvalue weighted by molar-refractivity contribution is -0.137. The molecule has 1 aromatic rings. The molecule has 202 valence electrons. The number of rotatable bonds is 7. The summed E-state index contributed by atoms with van der Waals surface area (Å²) in [6, 6.07) is 3.74. The molecule has 1 aromatic heterocycles. The van der Waals surface area contributed by atoms with Crippen LogP contribution in [0.4, 0.5) is 10.6 Å². The Morgan fingerprint density at radius 3 is 2.38 bits per heavy atom. The molecule has 7 heteroatoms. The Labute approximate surface area is 221 Å². The summed E-state index contributed by atoms with van der Waals surface area (Å²) in [5.74, 6) is 3.05. The molecule has 0 spiro atoms. The molecule has 0 radical (unpaired) electrons. The van der Waals surface area contributed by atoms with Crippen LogP contribution in [-0.4, -0.2) is 59.8 Å². The van der Waals surface area contributed by atoms with Gasteiger partial charge in [-0.3, -0.25) is 4.90 Å². The number of esters is 1. The fourth-order valence-electron chi connectivity index (χ4n) is 7.86. The summed E-state index contributed by atoms with van der Waals surface area (Å²) in [5, 5.41) is 0. The topological polar surface area (TPSA) is 72.0 Å². The smallest absolute Gasteiger partial charge is 0.416 e. The SMILES string of the molecule is CCOC(=O)C=Cc1ccc(N(C(=O)OC(C)(C)C)[C@@H]2CCN(CC34CC5CC(CC(C5)C3)C4)C2)nc1. The minimum atomic E-state index is -0.588. The van der Waals surface area contributed by atoms with Crippen molar-refractivity contribution in [2.45, 2.75) is 84.3 Å². The van der Waals surface area contributed by atoms with Gasteiger partial charge in [-0.15, -0.1) is 0 Å². The quantitative estimate of drug-likeness (QED) is 0.347. The first kappa shape index (κ1) is 26.2. The lowest BCUT2D eigenvalue weighted by Crippen LogP contribution is -2.51. The van der Waals surface area contributed by atoms with Crippen molar-refractivity contribution in [2.75, 3.05) is 31.1 Å². The molecule has 1 saturated heterocycles. The molecule has 1 aliphatic heterocycles. The van der Waals surface area contributed by atoms with Gasteiger partial charge in [-0.05, 0) is 120 Å². The third-order valence-corrected chi connectivity index (χ3v) is 8.64. The Morgan fingerprint density at radius 1 is 1.14 bits per heavy atom. The van der Waals surface area contributed by atoms with E-state index in [1.807, 2.05) is 32.9 Å². The maximum Gasteiger partial charge on any atom is 0.416 e. The van der Waals surface area contributed by atoms with E-state index < -0.39 is 5.60 Å². The van der Waals surface area contributed by atoms with Crippen LogP contribution in [0.3, 0.4) is 0 Å². The molecule has 2 heterocycles. The first-order valence-corrected chi connectivity index (χ1v) is 14.2. The minimum Gasteiger partial charge on any atom is -0.463 e. The Kier molecular flexibility index (Phi) is 7.36. The molecule has 0 unspecified atom stereocenters. The second-order valence-corrected chi connectivity index (χ2v) is 13.0. The standard InChI is InChI=1S/C30H43N3O4/c1-5-36-27(34)9-7-21-6-8-26(31-18-21)33(28(35)37-29(2,3)4)25-10-11-32(19-25)20-30-15-22-12-23(16-30)14-24(13-22)17-30/h6-9,18,22-25H,5,10-17,19-20H2,1-4H3/t22?,23?,24?,25-,30?/m1/s1. The average Bonchev–Trinajstić information content (AvgIpc) is 3.23. The van der Waals surface area contributed by atoms with Crippen LogP contribution in [0.1, 0.15) is 78.2 Å². The van der Waals surface area contributed by atoms with Crippen LogP contribution in [0.25, 0.3) is 6.08 Å². The number of carbonyl (C=O) groups excluding carboxylic acids is 2. The summed E-state index contributed by atoms with van der Waals surface area (Å²) in [7, 11) is 0. The van der Waals surface area contributed by atoms with Crippen molar-refractivity contribution in [3.63, 3.8) is 0 Å². The van der Waals surface area contributed by atoms with Crippen LogP contribution < -0.4 is 4.90 Å². The molecular weight excluding hydrogens is 466 g/mol. The molecule has 6 rings (SSSR count). The summed E-state index contributed by atoms with van der Waals surface area (Å²) in [4.78, 5) is 34.0.